The average Bonchev–Trinajstić information content (AvgIpc) is 2.92. The molecular formula is C21H21F2N5O3S. The molecule has 1 fully saturated rings. The summed E-state index contributed by atoms with van der Waals surface area (Å²) in [4.78, 5) is 23.3. The SMILES string of the molecule is NS(=O)(=O)c1cccc(NC(=O)c2cc3ccccc3nc2N2CCCC(F)(F)CC2)n1. The number of halogens is 2. The number of primary sulfonamides is 1. The number of carbonyl (C=O) groups excluding carboxylic acids is 1. The van der Waals surface area contributed by atoms with Gasteiger partial charge in [0.25, 0.3) is 15.9 Å². The van der Waals surface area contributed by atoms with E-state index in [-0.39, 0.29) is 42.2 Å². The highest BCUT2D eigenvalue weighted by molar-refractivity contribution is 7.89. The van der Waals surface area contributed by atoms with Gasteiger partial charge in [0.2, 0.25) is 5.92 Å². The maximum atomic E-state index is 13.9. The number of rotatable bonds is 4. The smallest absolute Gasteiger partial charge is 0.260 e. The van der Waals surface area contributed by atoms with Crippen LogP contribution in [0.4, 0.5) is 20.4 Å². The highest BCUT2D eigenvalue weighted by Gasteiger charge is 2.33. The summed E-state index contributed by atoms with van der Waals surface area (Å²) in [5.74, 6) is -3.07. The van der Waals surface area contributed by atoms with E-state index in [1.165, 1.54) is 18.2 Å². The molecule has 32 heavy (non-hydrogen) atoms. The maximum absolute atomic E-state index is 13.9. The molecule has 2 aromatic heterocycles. The van der Waals surface area contributed by atoms with Crippen molar-refractivity contribution in [3.05, 3.63) is 54.1 Å². The number of pyridine rings is 2. The fraction of sp³-hybridized carbons (Fsp3) is 0.286. The van der Waals surface area contributed by atoms with Crippen molar-refractivity contribution in [1.82, 2.24) is 9.97 Å². The Bertz CT molecular complexity index is 1280. The van der Waals surface area contributed by atoms with Crippen LogP contribution in [0.3, 0.4) is 0 Å². The summed E-state index contributed by atoms with van der Waals surface area (Å²) in [5, 5.41) is 7.98. The molecule has 1 aliphatic rings. The summed E-state index contributed by atoms with van der Waals surface area (Å²) >= 11 is 0. The van der Waals surface area contributed by atoms with E-state index in [0.29, 0.717) is 23.3 Å². The van der Waals surface area contributed by atoms with E-state index < -0.39 is 21.9 Å². The monoisotopic (exact) mass is 461 g/mol. The standard InChI is InChI=1S/C21H21F2N5O3S/c22-21(23)9-4-11-28(12-10-21)19-15(13-14-5-1-2-6-16(14)25-19)20(29)27-17-7-3-8-18(26-17)32(24,30)31/h1-3,5-8,13H,4,9-12H2,(H2,24,30,31)(H,26,27,29). The van der Waals surface area contributed by atoms with Crippen LogP contribution in [0.5, 0.6) is 0 Å². The van der Waals surface area contributed by atoms with Gasteiger partial charge >= 0.3 is 0 Å². The molecule has 1 aliphatic heterocycles. The Morgan fingerprint density at radius 1 is 1.06 bits per heavy atom. The van der Waals surface area contributed by atoms with Crippen molar-refractivity contribution in [1.29, 1.82) is 0 Å². The maximum Gasteiger partial charge on any atom is 0.260 e. The molecule has 1 saturated heterocycles. The van der Waals surface area contributed by atoms with E-state index in [1.54, 1.807) is 35.2 Å². The van der Waals surface area contributed by atoms with E-state index in [9.17, 15) is 22.0 Å². The highest BCUT2D eigenvalue weighted by atomic mass is 32.2. The minimum Gasteiger partial charge on any atom is -0.356 e. The van der Waals surface area contributed by atoms with E-state index >= 15 is 0 Å². The van der Waals surface area contributed by atoms with Gasteiger partial charge in [0, 0.05) is 31.3 Å². The summed E-state index contributed by atoms with van der Waals surface area (Å²) in [7, 11) is -4.05. The van der Waals surface area contributed by atoms with Crippen molar-refractivity contribution in [2.24, 2.45) is 5.14 Å². The first-order chi connectivity index (χ1) is 15.1. The first kappa shape index (κ1) is 22.0. The first-order valence-electron chi connectivity index (χ1n) is 9.96. The van der Waals surface area contributed by atoms with Crippen LogP contribution in [0.15, 0.2) is 53.6 Å². The molecule has 3 heterocycles. The van der Waals surface area contributed by atoms with Crippen molar-refractivity contribution < 1.29 is 22.0 Å². The van der Waals surface area contributed by atoms with Gasteiger partial charge in [-0.1, -0.05) is 24.3 Å². The van der Waals surface area contributed by atoms with Crippen LogP contribution in [-0.4, -0.2) is 43.3 Å². The Balaban J connectivity index is 1.72. The Hall–Kier alpha value is -3.18. The molecule has 0 unspecified atom stereocenters. The van der Waals surface area contributed by atoms with Crippen molar-refractivity contribution in [2.75, 3.05) is 23.3 Å². The molecule has 1 aromatic carbocycles. The van der Waals surface area contributed by atoms with E-state index in [2.05, 4.69) is 15.3 Å². The van der Waals surface area contributed by atoms with Gasteiger partial charge in [-0.05, 0) is 30.7 Å². The third kappa shape index (κ3) is 4.83. The molecule has 3 N–H and O–H groups in total. The lowest BCUT2D eigenvalue weighted by Crippen LogP contribution is -2.29. The quantitative estimate of drug-likeness (QED) is 0.616. The van der Waals surface area contributed by atoms with Gasteiger partial charge in [-0.25, -0.2) is 32.3 Å². The number of hydrogen-bond acceptors (Lipinski definition) is 6. The zero-order valence-electron chi connectivity index (χ0n) is 17.0. The Morgan fingerprint density at radius 2 is 1.84 bits per heavy atom. The number of aromatic nitrogens is 2. The van der Waals surface area contributed by atoms with Gasteiger partial charge in [-0.3, -0.25) is 4.79 Å². The van der Waals surface area contributed by atoms with Crippen molar-refractivity contribution >= 4 is 38.5 Å². The number of para-hydroxylation sites is 1. The first-order valence-corrected chi connectivity index (χ1v) is 11.5. The number of nitrogens with one attached hydrogen (secondary N) is 1. The number of sulfonamides is 1. The number of nitrogens with zero attached hydrogens (tertiary/aromatic N) is 3. The molecule has 0 atom stereocenters. The molecular weight excluding hydrogens is 440 g/mol. The normalized spacial score (nSPS) is 16.5. The molecule has 11 heteroatoms. The molecule has 0 saturated carbocycles. The summed E-state index contributed by atoms with van der Waals surface area (Å²) in [6, 6.07) is 12.9. The van der Waals surface area contributed by atoms with Crippen LogP contribution in [0.25, 0.3) is 10.9 Å². The summed E-state index contributed by atoms with van der Waals surface area (Å²) < 4.78 is 50.9. The lowest BCUT2D eigenvalue weighted by atomic mass is 10.1. The lowest BCUT2D eigenvalue weighted by Gasteiger charge is -2.24. The number of hydrogen-bond donors (Lipinski definition) is 2. The topological polar surface area (TPSA) is 118 Å². The van der Waals surface area contributed by atoms with Gasteiger partial charge in [0.1, 0.15) is 11.6 Å². The Labute approximate surface area is 183 Å². The number of fused-ring (bicyclic) bond motifs is 1. The number of anilines is 2. The lowest BCUT2D eigenvalue weighted by molar-refractivity contribution is -0.0102. The highest BCUT2D eigenvalue weighted by Crippen LogP contribution is 2.32. The van der Waals surface area contributed by atoms with Crippen molar-refractivity contribution in [2.45, 2.75) is 30.2 Å². The van der Waals surface area contributed by atoms with Crippen LogP contribution in [0.2, 0.25) is 0 Å². The Kier molecular flexibility index (Phi) is 5.78. The fourth-order valence-corrected chi connectivity index (χ4v) is 4.11. The molecule has 0 bridgehead atoms. The second-order valence-corrected chi connectivity index (χ2v) is 9.12. The molecule has 8 nitrogen and oxygen atoms in total. The third-order valence-corrected chi connectivity index (χ3v) is 6.03. The molecule has 4 rings (SSSR count). The molecule has 168 valence electrons. The predicted octanol–water partition coefficient (Wildman–Crippen LogP) is 3.16. The second kappa shape index (κ2) is 8.40. The Morgan fingerprint density at radius 3 is 2.62 bits per heavy atom. The second-order valence-electron chi connectivity index (χ2n) is 7.61. The number of benzene rings is 1. The van der Waals surface area contributed by atoms with E-state index in [4.69, 9.17) is 5.14 Å². The van der Waals surface area contributed by atoms with Crippen LogP contribution >= 0.6 is 0 Å². The summed E-state index contributed by atoms with van der Waals surface area (Å²) in [6.45, 7) is 0.387. The van der Waals surface area contributed by atoms with Crippen LogP contribution < -0.4 is 15.4 Å². The van der Waals surface area contributed by atoms with Gasteiger partial charge in [-0.2, -0.15) is 0 Å². The zero-order chi connectivity index (χ0) is 22.9. The number of amides is 1. The predicted molar refractivity (Wildman–Crippen MR) is 116 cm³/mol. The van der Waals surface area contributed by atoms with Gasteiger partial charge in [0.05, 0.1) is 11.1 Å². The average molecular weight is 461 g/mol. The number of carbonyl (C=O) groups is 1. The molecule has 0 aliphatic carbocycles. The number of alkyl halides is 2. The molecule has 0 spiro atoms. The van der Waals surface area contributed by atoms with Gasteiger partial charge in [-0.15, -0.1) is 0 Å². The zero-order valence-corrected chi connectivity index (χ0v) is 17.8. The molecule has 0 radical (unpaired) electrons. The van der Waals surface area contributed by atoms with Crippen LogP contribution in [0, 0.1) is 0 Å². The molecule has 3 aromatic rings. The summed E-state index contributed by atoms with van der Waals surface area (Å²) in [5.41, 5.74) is 0.807. The number of nitrogens with two attached hydrogens (primary N) is 1. The van der Waals surface area contributed by atoms with E-state index in [1.807, 2.05) is 0 Å². The third-order valence-electron chi connectivity index (χ3n) is 5.22. The van der Waals surface area contributed by atoms with E-state index in [0.717, 1.165) is 0 Å². The molecule has 1 amide bonds. The fourth-order valence-electron chi connectivity index (χ4n) is 3.62. The van der Waals surface area contributed by atoms with Crippen molar-refractivity contribution in [3.8, 4) is 0 Å². The van der Waals surface area contributed by atoms with Crippen molar-refractivity contribution in [3.63, 3.8) is 0 Å². The van der Waals surface area contributed by atoms with Gasteiger partial charge in [0.15, 0.2) is 5.03 Å². The minimum absolute atomic E-state index is 0.0111. The largest absolute Gasteiger partial charge is 0.356 e. The van der Waals surface area contributed by atoms with Crippen LogP contribution in [-0.2, 0) is 10.0 Å². The minimum atomic E-state index is -4.05. The van der Waals surface area contributed by atoms with Crippen LogP contribution in [0.1, 0.15) is 29.6 Å². The summed E-state index contributed by atoms with van der Waals surface area (Å²) in [6.07, 6.45) is -0.288. The van der Waals surface area contributed by atoms with Gasteiger partial charge < -0.3 is 10.2 Å².